The third kappa shape index (κ3) is 8.64. The molecule has 0 aliphatic carbocycles. The number of nitrogens with one attached hydrogen (secondary N) is 3. The summed E-state index contributed by atoms with van der Waals surface area (Å²) < 4.78 is 15.8. The maximum Gasteiger partial charge on any atom is 0.345 e. The van der Waals surface area contributed by atoms with Crippen LogP contribution in [-0.4, -0.2) is 84.6 Å². The number of aryl methyl sites for hydroxylation is 1. The number of rotatable bonds is 16. The van der Waals surface area contributed by atoms with Crippen molar-refractivity contribution < 1.29 is 28.6 Å². The molecule has 4 rings (SSSR count). The van der Waals surface area contributed by atoms with E-state index in [1.165, 1.54) is 18.5 Å². The molecular weight excluding hydrogens is 594 g/mol. The first-order chi connectivity index (χ1) is 22.2. The maximum atomic E-state index is 13.0. The first kappa shape index (κ1) is 33.6. The molecule has 0 spiro atoms. The lowest BCUT2D eigenvalue weighted by Crippen LogP contribution is -2.36. The van der Waals surface area contributed by atoms with Crippen LogP contribution in [0.5, 0.6) is 5.75 Å². The summed E-state index contributed by atoms with van der Waals surface area (Å²) in [6.45, 7) is 1.50. The summed E-state index contributed by atoms with van der Waals surface area (Å²) in [4.78, 5) is 48.5. The number of hydrogen-bond donors (Lipinski definition) is 5. The minimum absolute atomic E-state index is 0.0209. The van der Waals surface area contributed by atoms with E-state index in [9.17, 15) is 19.5 Å². The zero-order valence-corrected chi connectivity index (χ0v) is 25.7. The van der Waals surface area contributed by atoms with Gasteiger partial charge in [-0.3, -0.25) is 15.0 Å². The molecule has 0 aliphatic rings. The molecule has 0 saturated carbocycles. The smallest absolute Gasteiger partial charge is 0.345 e. The molecule has 14 heteroatoms. The van der Waals surface area contributed by atoms with E-state index in [0.29, 0.717) is 55.9 Å². The summed E-state index contributed by atoms with van der Waals surface area (Å²) in [6, 6.07) is 12.9. The van der Waals surface area contributed by atoms with Crippen LogP contribution in [0.4, 0.5) is 17.3 Å². The number of ether oxygens (including phenoxy) is 2. The average molecular weight is 632 g/mol. The van der Waals surface area contributed by atoms with Crippen LogP contribution in [0.25, 0.3) is 10.8 Å². The van der Waals surface area contributed by atoms with E-state index in [1.54, 1.807) is 55.5 Å². The van der Waals surface area contributed by atoms with Gasteiger partial charge in [-0.25, -0.2) is 14.8 Å². The fourth-order valence-electron chi connectivity index (χ4n) is 4.80. The molecule has 6 N–H and O–H groups in total. The molecule has 242 valence electrons. The molecule has 0 fully saturated rings. The molecule has 2 amide bonds. The highest BCUT2D eigenvalue weighted by Crippen LogP contribution is 2.24. The Kier molecular flexibility index (Phi) is 11.7. The SMILES string of the molecule is COCCN(CCOC)C(=O)CCCc1cc2cccc(NC(=O)CNc3ncnc(N)c3C(=N)c3cccc(O)c3)c2c(=O)o1. The number of hydrogen-bond acceptors (Lipinski definition) is 12. The Bertz CT molecular complexity index is 1750. The molecule has 14 nitrogen and oxygen atoms in total. The van der Waals surface area contributed by atoms with Gasteiger partial charge in [-0.05, 0) is 36.1 Å². The number of amides is 2. The number of carbonyl (C=O) groups is 2. The number of phenolic OH excluding ortho intramolecular Hbond substituents is 1. The van der Waals surface area contributed by atoms with Gasteiger partial charge in [-0.2, -0.15) is 0 Å². The average Bonchev–Trinajstić information content (AvgIpc) is 3.03. The molecule has 0 unspecified atom stereocenters. The van der Waals surface area contributed by atoms with E-state index in [0.717, 1.165) is 0 Å². The van der Waals surface area contributed by atoms with Crippen molar-refractivity contribution in [2.75, 3.05) is 63.4 Å². The number of benzene rings is 2. The lowest BCUT2D eigenvalue weighted by molar-refractivity contribution is -0.132. The van der Waals surface area contributed by atoms with E-state index in [1.807, 2.05) is 0 Å². The molecule has 0 atom stereocenters. The quantitative estimate of drug-likeness (QED) is 0.114. The van der Waals surface area contributed by atoms with Gasteiger partial charge in [0.2, 0.25) is 11.8 Å². The van der Waals surface area contributed by atoms with Gasteiger partial charge in [0, 0.05) is 45.7 Å². The molecular formula is C32H37N7O7. The van der Waals surface area contributed by atoms with Crippen LogP contribution >= 0.6 is 0 Å². The van der Waals surface area contributed by atoms with Crippen molar-refractivity contribution >= 4 is 45.6 Å². The molecule has 0 bridgehead atoms. The summed E-state index contributed by atoms with van der Waals surface area (Å²) in [7, 11) is 3.16. The Hall–Kier alpha value is -5.34. The largest absolute Gasteiger partial charge is 0.508 e. The van der Waals surface area contributed by atoms with Gasteiger partial charge < -0.3 is 40.3 Å². The van der Waals surface area contributed by atoms with Crippen LogP contribution in [0, 0.1) is 5.41 Å². The zero-order chi connectivity index (χ0) is 33.1. The molecule has 0 aliphatic heterocycles. The third-order valence-electron chi connectivity index (χ3n) is 7.09. The number of nitrogens with two attached hydrogens (primary N) is 1. The van der Waals surface area contributed by atoms with Crippen LogP contribution in [-0.2, 0) is 25.5 Å². The van der Waals surface area contributed by atoms with Gasteiger partial charge >= 0.3 is 5.63 Å². The Morgan fingerprint density at radius 1 is 1.07 bits per heavy atom. The molecule has 0 radical (unpaired) electrons. The van der Waals surface area contributed by atoms with Crippen LogP contribution < -0.4 is 22.0 Å². The first-order valence-electron chi connectivity index (χ1n) is 14.6. The number of nitrogen functional groups attached to an aromatic ring is 1. The van der Waals surface area contributed by atoms with Gasteiger partial charge in [0.1, 0.15) is 29.5 Å². The normalized spacial score (nSPS) is 10.9. The van der Waals surface area contributed by atoms with Crippen molar-refractivity contribution in [3.8, 4) is 5.75 Å². The van der Waals surface area contributed by atoms with E-state index < -0.39 is 11.5 Å². The van der Waals surface area contributed by atoms with Crippen LogP contribution in [0.1, 0.15) is 29.7 Å². The second kappa shape index (κ2) is 16.1. The van der Waals surface area contributed by atoms with Gasteiger partial charge in [-0.1, -0.05) is 24.3 Å². The van der Waals surface area contributed by atoms with E-state index >= 15 is 0 Å². The lowest BCUT2D eigenvalue weighted by Gasteiger charge is -2.22. The number of nitrogens with zero attached hydrogens (tertiary/aromatic N) is 3. The molecule has 2 heterocycles. The highest BCUT2D eigenvalue weighted by molar-refractivity contribution is 6.16. The number of aromatic nitrogens is 2. The maximum absolute atomic E-state index is 13.0. The fourth-order valence-corrected chi connectivity index (χ4v) is 4.80. The number of methoxy groups -OCH3 is 2. The number of anilines is 3. The summed E-state index contributed by atoms with van der Waals surface area (Å²) in [5.41, 5.74) is 6.20. The molecule has 2 aromatic heterocycles. The van der Waals surface area contributed by atoms with E-state index in [2.05, 4.69) is 20.6 Å². The standard InChI is InChI=1S/C32H37N7O7/c1-44-14-12-39(13-15-45-2)26(42)11-5-9-23-17-20-6-4-10-24(27(20)32(43)46-23)38-25(41)18-35-31-28(30(34)36-19-37-31)29(33)21-7-3-8-22(40)16-21/h3-4,6-8,10,16-17,19,33,40H,5,9,11-15,18H2,1-2H3,(H,38,41)(H3,34,35,36,37). The zero-order valence-electron chi connectivity index (χ0n) is 25.7. The Balaban J connectivity index is 1.41. The Morgan fingerprint density at radius 3 is 2.52 bits per heavy atom. The predicted molar refractivity (Wildman–Crippen MR) is 173 cm³/mol. The van der Waals surface area contributed by atoms with Gasteiger partial charge in [0.15, 0.2) is 0 Å². The number of phenols is 1. The Morgan fingerprint density at radius 2 is 1.80 bits per heavy atom. The first-order valence-corrected chi connectivity index (χ1v) is 14.6. The summed E-state index contributed by atoms with van der Waals surface area (Å²) in [5, 5.41) is 24.8. The summed E-state index contributed by atoms with van der Waals surface area (Å²) in [5.74, 6) is 0.0486. The highest BCUT2D eigenvalue weighted by atomic mass is 16.5. The third-order valence-corrected chi connectivity index (χ3v) is 7.09. The second-order valence-electron chi connectivity index (χ2n) is 10.3. The van der Waals surface area contributed by atoms with Crippen molar-refractivity contribution in [1.29, 1.82) is 5.41 Å². The van der Waals surface area contributed by atoms with Crippen LogP contribution in [0.2, 0.25) is 0 Å². The molecule has 46 heavy (non-hydrogen) atoms. The summed E-state index contributed by atoms with van der Waals surface area (Å²) >= 11 is 0. The lowest BCUT2D eigenvalue weighted by atomic mass is 10.0. The van der Waals surface area contributed by atoms with E-state index in [4.69, 9.17) is 25.0 Å². The van der Waals surface area contributed by atoms with Crippen molar-refractivity contribution in [3.05, 3.63) is 82.2 Å². The van der Waals surface area contributed by atoms with Gasteiger partial charge in [-0.15, -0.1) is 0 Å². The predicted octanol–water partition coefficient (Wildman–Crippen LogP) is 2.78. The Labute approximate surface area is 265 Å². The molecule has 4 aromatic rings. The van der Waals surface area contributed by atoms with Gasteiger partial charge in [0.25, 0.3) is 0 Å². The summed E-state index contributed by atoms with van der Waals surface area (Å²) in [6.07, 6.45) is 2.33. The monoisotopic (exact) mass is 631 g/mol. The second-order valence-corrected chi connectivity index (χ2v) is 10.3. The van der Waals surface area contributed by atoms with Gasteiger partial charge in [0.05, 0.1) is 42.1 Å². The topological polar surface area (TPSA) is 206 Å². The van der Waals surface area contributed by atoms with E-state index in [-0.39, 0.29) is 58.6 Å². The van der Waals surface area contributed by atoms with Crippen molar-refractivity contribution in [1.82, 2.24) is 14.9 Å². The number of aromatic hydroxyl groups is 1. The minimum Gasteiger partial charge on any atom is -0.508 e. The van der Waals surface area contributed by atoms with Crippen LogP contribution in [0.15, 0.2) is 64.1 Å². The number of carbonyl (C=O) groups excluding carboxylic acids is 2. The fraction of sp³-hybridized carbons (Fsp3) is 0.312. The minimum atomic E-state index is -0.616. The van der Waals surface area contributed by atoms with Crippen molar-refractivity contribution in [2.45, 2.75) is 19.3 Å². The number of fused-ring (bicyclic) bond motifs is 1. The molecule has 2 aromatic carbocycles. The van der Waals surface area contributed by atoms with Crippen molar-refractivity contribution in [2.24, 2.45) is 0 Å². The van der Waals surface area contributed by atoms with Crippen molar-refractivity contribution in [3.63, 3.8) is 0 Å². The highest BCUT2D eigenvalue weighted by Gasteiger charge is 2.19. The molecule has 0 saturated heterocycles. The van der Waals surface area contributed by atoms with Crippen LogP contribution in [0.3, 0.4) is 0 Å².